The number of halogens is 1. The molecule has 1 aromatic heterocycles. The Bertz CT molecular complexity index is 580. The number of nitrogens with two attached hydrogens (primary N) is 1. The molecule has 2 aromatic rings. The monoisotopic (exact) mass is 308 g/mol. The number of hydrogen-bond donors (Lipinski definition) is 1. The van der Waals surface area contributed by atoms with E-state index in [1.54, 1.807) is 4.90 Å². The van der Waals surface area contributed by atoms with Crippen LogP contribution in [0, 0.1) is 0 Å². The molecule has 0 fully saturated rings. The van der Waals surface area contributed by atoms with Gasteiger partial charge in [0.2, 0.25) is 5.91 Å². The summed E-state index contributed by atoms with van der Waals surface area (Å²) in [6, 6.07) is 11.4. The Morgan fingerprint density at radius 1 is 1.25 bits per heavy atom. The molecule has 0 aliphatic carbocycles. The summed E-state index contributed by atoms with van der Waals surface area (Å²) in [6.07, 6.45) is 1.23. The van der Waals surface area contributed by atoms with Crippen molar-refractivity contribution in [2.45, 2.75) is 19.4 Å². The average molecular weight is 309 g/mol. The largest absolute Gasteiger partial charge is 0.399 e. The lowest BCUT2D eigenvalue weighted by molar-refractivity contribution is -0.130. The molecule has 0 spiro atoms. The van der Waals surface area contributed by atoms with Gasteiger partial charge in [-0.1, -0.05) is 23.7 Å². The molecule has 20 heavy (non-hydrogen) atoms. The predicted molar refractivity (Wildman–Crippen MR) is 85.0 cm³/mol. The average Bonchev–Trinajstić information content (AvgIpc) is 2.83. The number of rotatable bonds is 5. The number of aryl methyl sites for hydroxylation is 1. The zero-order valence-corrected chi connectivity index (χ0v) is 12.9. The minimum absolute atomic E-state index is 0.131. The predicted octanol–water partition coefficient (Wildman–Crippen LogP) is 3.57. The minimum Gasteiger partial charge on any atom is -0.399 e. The van der Waals surface area contributed by atoms with Gasteiger partial charge in [-0.05, 0) is 36.2 Å². The maximum atomic E-state index is 12.1. The zero-order valence-electron chi connectivity index (χ0n) is 11.3. The number of anilines is 1. The summed E-state index contributed by atoms with van der Waals surface area (Å²) >= 11 is 7.39. The van der Waals surface area contributed by atoms with Crippen LogP contribution in [0.15, 0.2) is 36.4 Å². The lowest BCUT2D eigenvalue weighted by atomic mass is 10.1. The highest BCUT2D eigenvalue weighted by Crippen LogP contribution is 2.22. The highest BCUT2D eigenvalue weighted by molar-refractivity contribution is 7.16. The van der Waals surface area contributed by atoms with Crippen LogP contribution in [-0.2, 0) is 17.8 Å². The van der Waals surface area contributed by atoms with Gasteiger partial charge in [0, 0.05) is 24.0 Å². The first-order valence-corrected chi connectivity index (χ1v) is 7.56. The SMILES string of the molecule is CN(Cc1ccc(Cl)s1)C(=O)CCc1ccc(N)cc1. The Morgan fingerprint density at radius 3 is 2.55 bits per heavy atom. The first-order valence-electron chi connectivity index (χ1n) is 6.37. The Balaban J connectivity index is 1.83. The summed E-state index contributed by atoms with van der Waals surface area (Å²) in [6.45, 7) is 0.609. The van der Waals surface area contributed by atoms with Crippen LogP contribution in [0.4, 0.5) is 5.69 Å². The second-order valence-electron chi connectivity index (χ2n) is 4.70. The normalized spacial score (nSPS) is 10.5. The number of hydrogen-bond acceptors (Lipinski definition) is 3. The summed E-state index contributed by atoms with van der Waals surface area (Å²) < 4.78 is 0.753. The second-order valence-corrected chi connectivity index (χ2v) is 6.50. The molecule has 2 N–H and O–H groups in total. The van der Waals surface area contributed by atoms with Crippen molar-refractivity contribution in [1.29, 1.82) is 0 Å². The van der Waals surface area contributed by atoms with Gasteiger partial charge in [0.25, 0.3) is 0 Å². The fraction of sp³-hybridized carbons (Fsp3) is 0.267. The molecule has 0 saturated carbocycles. The molecule has 0 radical (unpaired) electrons. The van der Waals surface area contributed by atoms with Gasteiger partial charge in [-0.3, -0.25) is 4.79 Å². The maximum Gasteiger partial charge on any atom is 0.222 e. The van der Waals surface area contributed by atoms with Crippen LogP contribution in [0.25, 0.3) is 0 Å². The van der Waals surface area contributed by atoms with Crippen LogP contribution in [0.2, 0.25) is 4.34 Å². The summed E-state index contributed by atoms with van der Waals surface area (Å²) in [4.78, 5) is 14.9. The third kappa shape index (κ3) is 4.25. The number of nitrogens with zero attached hydrogens (tertiary/aromatic N) is 1. The molecular weight excluding hydrogens is 292 g/mol. The van der Waals surface area contributed by atoms with E-state index in [2.05, 4.69) is 0 Å². The van der Waals surface area contributed by atoms with E-state index < -0.39 is 0 Å². The smallest absolute Gasteiger partial charge is 0.222 e. The lowest BCUT2D eigenvalue weighted by Crippen LogP contribution is -2.25. The minimum atomic E-state index is 0.131. The van der Waals surface area contributed by atoms with Crippen LogP contribution in [0.1, 0.15) is 16.9 Å². The number of thiophene rings is 1. The Kier molecular flexibility index (Phi) is 5.04. The molecule has 3 nitrogen and oxygen atoms in total. The Morgan fingerprint density at radius 2 is 1.95 bits per heavy atom. The molecule has 0 unspecified atom stereocenters. The van der Waals surface area contributed by atoms with Crippen molar-refractivity contribution in [2.75, 3.05) is 12.8 Å². The fourth-order valence-electron chi connectivity index (χ4n) is 1.89. The summed E-state index contributed by atoms with van der Waals surface area (Å²) in [5.41, 5.74) is 7.50. The summed E-state index contributed by atoms with van der Waals surface area (Å²) in [5.74, 6) is 0.131. The van der Waals surface area contributed by atoms with E-state index in [1.807, 2.05) is 43.4 Å². The van der Waals surface area contributed by atoms with Crippen LogP contribution >= 0.6 is 22.9 Å². The Hall–Kier alpha value is -1.52. The van der Waals surface area contributed by atoms with E-state index in [4.69, 9.17) is 17.3 Å². The summed E-state index contributed by atoms with van der Waals surface area (Å²) in [7, 11) is 1.82. The van der Waals surface area contributed by atoms with E-state index in [9.17, 15) is 4.79 Å². The standard InChI is InChI=1S/C15H17ClN2OS/c1-18(10-13-7-8-14(16)20-13)15(19)9-4-11-2-5-12(17)6-3-11/h2-3,5-8H,4,9-10,17H2,1H3. The summed E-state index contributed by atoms with van der Waals surface area (Å²) in [5, 5.41) is 0. The van der Waals surface area contributed by atoms with Gasteiger partial charge in [0.15, 0.2) is 0 Å². The van der Waals surface area contributed by atoms with Crippen molar-refractivity contribution in [3.63, 3.8) is 0 Å². The van der Waals surface area contributed by atoms with Crippen LogP contribution < -0.4 is 5.73 Å². The highest BCUT2D eigenvalue weighted by atomic mass is 35.5. The van der Waals surface area contributed by atoms with Crippen molar-refractivity contribution in [1.82, 2.24) is 4.90 Å². The van der Waals surface area contributed by atoms with Crippen LogP contribution in [-0.4, -0.2) is 17.9 Å². The Labute approximate surface area is 128 Å². The van der Waals surface area contributed by atoms with Gasteiger partial charge in [-0.15, -0.1) is 11.3 Å². The first kappa shape index (κ1) is 14.9. The van der Waals surface area contributed by atoms with E-state index in [0.29, 0.717) is 13.0 Å². The number of carbonyl (C=O) groups is 1. The molecule has 1 aromatic carbocycles. The van der Waals surface area contributed by atoms with Gasteiger partial charge in [-0.25, -0.2) is 0 Å². The van der Waals surface area contributed by atoms with Crippen molar-refractivity contribution in [3.8, 4) is 0 Å². The molecule has 1 heterocycles. The molecular formula is C15H17ClN2OS. The molecule has 0 aliphatic heterocycles. The third-order valence-electron chi connectivity index (χ3n) is 3.05. The van der Waals surface area contributed by atoms with Crippen molar-refractivity contribution >= 4 is 34.5 Å². The molecule has 5 heteroatoms. The van der Waals surface area contributed by atoms with E-state index in [1.165, 1.54) is 11.3 Å². The second kappa shape index (κ2) is 6.77. The quantitative estimate of drug-likeness (QED) is 0.858. The third-order valence-corrected chi connectivity index (χ3v) is 4.27. The first-order chi connectivity index (χ1) is 9.54. The number of benzene rings is 1. The number of amides is 1. The molecule has 0 aliphatic rings. The zero-order chi connectivity index (χ0) is 14.5. The van der Waals surface area contributed by atoms with Gasteiger partial charge in [-0.2, -0.15) is 0 Å². The number of nitrogen functional groups attached to an aromatic ring is 1. The molecule has 1 amide bonds. The van der Waals surface area contributed by atoms with E-state index >= 15 is 0 Å². The van der Waals surface area contributed by atoms with Crippen LogP contribution in [0.5, 0.6) is 0 Å². The van der Waals surface area contributed by atoms with Gasteiger partial charge >= 0.3 is 0 Å². The van der Waals surface area contributed by atoms with Crippen molar-refractivity contribution in [2.24, 2.45) is 0 Å². The maximum absolute atomic E-state index is 12.1. The molecule has 106 valence electrons. The number of carbonyl (C=O) groups excluding carboxylic acids is 1. The molecule has 0 bridgehead atoms. The van der Waals surface area contributed by atoms with E-state index in [0.717, 1.165) is 26.9 Å². The van der Waals surface area contributed by atoms with Gasteiger partial charge in [0.05, 0.1) is 10.9 Å². The topological polar surface area (TPSA) is 46.3 Å². The molecule has 0 atom stereocenters. The van der Waals surface area contributed by atoms with Gasteiger partial charge in [0.1, 0.15) is 0 Å². The van der Waals surface area contributed by atoms with Gasteiger partial charge < -0.3 is 10.6 Å². The fourth-order valence-corrected chi connectivity index (χ4v) is 3.03. The van der Waals surface area contributed by atoms with Crippen LogP contribution in [0.3, 0.4) is 0 Å². The molecule has 2 rings (SSSR count). The lowest BCUT2D eigenvalue weighted by Gasteiger charge is -2.16. The van der Waals surface area contributed by atoms with Crippen molar-refractivity contribution in [3.05, 3.63) is 51.2 Å². The highest BCUT2D eigenvalue weighted by Gasteiger charge is 2.10. The van der Waals surface area contributed by atoms with E-state index in [-0.39, 0.29) is 5.91 Å². The van der Waals surface area contributed by atoms with Crippen molar-refractivity contribution < 1.29 is 4.79 Å². The molecule has 0 saturated heterocycles.